The topological polar surface area (TPSA) is 129 Å². The van der Waals surface area contributed by atoms with Gasteiger partial charge < -0.3 is 19.9 Å². The summed E-state index contributed by atoms with van der Waals surface area (Å²) in [4.78, 5) is 22.1. The summed E-state index contributed by atoms with van der Waals surface area (Å²) in [6.07, 6.45) is 0.812. The van der Waals surface area contributed by atoms with Gasteiger partial charge in [-0.15, -0.1) is 0 Å². The SMILES string of the molecule is CCCNC(=O)[C@]1(Cc2ccccc2CN=[N+]=[N-])N=C(c2ccc(OCCCO)cc2)O[C@@H]1c1ccccc1Br. The number of aliphatic imine (C=N–C) groups is 1. The maximum atomic E-state index is 14.1. The van der Waals surface area contributed by atoms with E-state index in [4.69, 9.17) is 25.1 Å². The fourth-order valence-electron chi connectivity index (χ4n) is 4.62. The van der Waals surface area contributed by atoms with E-state index in [-0.39, 0.29) is 25.5 Å². The summed E-state index contributed by atoms with van der Waals surface area (Å²) in [6, 6.07) is 22.6. The molecule has 40 heavy (non-hydrogen) atoms. The Morgan fingerprint density at radius 2 is 1.88 bits per heavy atom. The third-order valence-electron chi connectivity index (χ3n) is 6.64. The van der Waals surface area contributed by atoms with Crippen LogP contribution < -0.4 is 10.1 Å². The quantitative estimate of drug-likeness (QED) is 0.106. The predicted octanol–water partition coefficient (Wildman–Crippen LogP) is 6.05. The van der Waals surface area contributed by atoms with E-state index in [0.717, 1.165) is 27.6 Å². The molecule has 3 aromatic rings. The zero-order valence-corrected chi connectivity index (χ0v) is 23.9. The predicted molar refractivity (Wildman–Crippen MR) is 157 cm³/mol. The van der Waals surface area contributed by atoms with Crippen LogP contribution in [0.3, 0.4) is 0 Å². The van der Waals surface area contributed by atoms with Crippen LogP contribution in [0, 0.1) is 0 Å². The number of carbonyl (C=O) groups is 1. The molecule has 1 aliphatic heterocycles. The van der Waals surface area contributed by atoms with Gasteiger partial charge in [0.05, 0.1) is 13.2 Å². The maximum absolute atomic E-state index is 14.1. The number of nitrogens with one attached hydrogen (secondary N) is 1. The van der Waals surface area contributed by atoms with E-state index in [2.05, 4.69) is 31.3 Å². The Balaban J connectivity index is 1.82. The number of azide groups is 1. The van der Waals surface area contributed by atoms with Gasteiger partial charge in [-0.25, -0.2) is 4.99 Å². The Morgan fingerprint density at radius 3 is 2.58 bits per heavy atom. The van der Waals surface area contributed by atoms with Gasteiger partial charge in [-0.3, -0.25) is 4.79 Å². The minimum absolute atomic E-state index is 0.0628. The van der Waals surface area contributed by atoms with Crippen LogP contribution >= 0.6 is 15.9 Å². The molecular formula is C30H32BrN5O4. The standard InChI is InChI=1S/C30H32BrN5O4/c1-2-16-33-29(38)30(19-22-8-3-4-9-23(22)20-34-36-32)27(25-10-5-6-11-26(25)31)40-28(35-30)21-12-14-24(15-13-21)39-18-7-17-37/h3-6,8-15,27,37H,2,7,16-20H2,1H3,(H,33,38)/t27-,30-/m1/s1. The van der Waals surface area contributed by atoms with Gasteiger partial charge in [0.1, 0.15) is 5.75 Å². The van der Waals surface area contributed by atoms with Crippen LogP contribution in [-0.4, -0.2) is 42.2 Å². The smallest absolute Gasteiger partial charge is 0.252 e. The summed E-state index contributed by atoms with van der Waals surface area (Å²) >= 11 is 3.66. The summed E-state index contributed by atoms with van der Waals surface area (Å²) < 4.78 is 13.0. The van der Waals surface area contributed by atoms with Crippen molar-refractivity contribution in [3.8, 4) is 5.75 Å². The number of carbonyl (C=O) groups excluding carboxylic acids is 1. The summed E-state index contributed by atoms with van der Waals surface area (Å²) in [5.41, 5.74) is 10.8. The molecule has 1 aliphatic rings. The molecule has 4 rings (SSSR count). The first-order valence-corrected chi connectivity index (χ1v) is 14.0. The van der Waals surface area contributed by atoms with Crippen molar-refractivity contribution in [1.29, 1.82) is 0 Å². The van der Waals surface area contributed by atoms with Crippen LogP contribution in [0.2, 0.25) is 0 Å². The Hall–Kier alpha value is -3.85. The molecule has 0 unspecified atom stereocenters. The molecule has 1 heterocycles. The van der Waals surface area contributed by atoms with Gasteiger partial charge in [0.15, 0.2) is 11.6 Å². The van der Waals surface area contributed by atoms with Crippen molar-refractivity contribution in [3.05, 3.63) is 110 Å². The molecule has 2 N–H and O–H groups in total. The third kappa shape index (κ3) is 6.65. The molecule has 0 aromatic heterocycles. The number of amides is 1. The van der Waals surface area contributed by atoms with Crippen molar-refractivity contribution >= 4 is 27.7 Å². The third-order valence-corrected chi connectivity index (χ3v) is 7.36. The number of nitrogens with zero attached hydrogens (tertiary/aromatic N) is 4. The van der Waals surface area contributed by atoms with Crippen molar-refractivity contribution in [2.24, 2.45) is 10.1 Å². The van der Waals surface area contributed by atoms with Crippen molar-refractivity contribution < 1.29 is 19.4 Å². The first kappa shape index (κ1) is 29.1. The number of ether oxygens (including phenoxy) is 2. The molecule has 0 spiro atoms. The van der Waals surface area contributed by atoms with E-state index in [1.165, 1.54) is 0 Å². The minimum Gasteiger partial charge on any atom is -0.494 e. The van der Waals surface area contributed by atoms with Gasteiger partial charge in [-0.05, 0) is 53.4 Å². The Kier molecular flexibility index (Phi) is 10.2. The van der Waals surface area contributed by atoms with Crippen LogP contribution in [0.25, 0.3) is 10.4 Å². The Labute approximate surface area is 242 Å². The summed E-state index contributed by atoms with van der Waals surface area (Å²) in [7, 11) is 0. The molecule has 0 saturated carbocycles. The maximum Gasteiger partial charge on any atom is 0.252 e. The number of benzene rings is 3. The zero-order chi connectivity index (χ0) is 28.4. The largest absolute Gasteiger partial charge is 0.494 e. The van der Waals surface area contributed by atoms with Gasteiger partial charge in [0.25, 0.3) is 5.91 Å². The number of hydrogen-bond donors (Lipinski definition) is 2. The zero-order valence-electron chi connectivity index (χ0n) is 22.3. The van der Waals surface area contributed by atoms with E-state index in [1.807, 2.05) is 79.7 Å². The first-order valence-electron chi connectivity index (χ1n) is 13.2. The van der Waals surface area contributed by atoms with Crippen LogP contribution in [0.1, 0.15) is 48.1 Å². The Bertz CT molecular complexity index is 1390. The summed E-state index contributed by atoms with van der Waals surface area (Å²) in [6.45, 7) is 3.13. The number of halogens is 1. The molecule has 0 aliphatic carbocycles. The lowest BCUT2D eigenvalue weighted by molar-refractivity contribution is -0.128. The van der Waals surface area contributed by atoms with Gasteiger partial charge >= 0.3 is 0 Å². The first-order chi connectivity index (χ1) is 19.5. The highest BCUT2D eigenvalue weighted by atomic mass is 79.9. The summed E-state index contributed by atoms with van der Waals surface area (Å²) in [5.74, 6) is 0.770. The van der Waals surface area contributed by atoms with Crippen LogP contribution in [0.5, 0.6) is 5.75 Å². The second-order valence-electron chi connectivity index (χ2n) is 9.40. The molecule has 2 atom stereocenters. The Morgan fingerprint density at radius 1 is 1.15 bits per heavy atom. The molecule has 0 fully saturated rings. The minimum atomic E-state index is -1.34. The number of aliphatic hydroxyl groups is 1. The van der Waals surface area contributed by atoms with Crippen LogP contribution in [0.4, 0.5) is 0 Å². The van der Waals surface area contributed by atoms with Crippen LogP contribution in [-0.2, 0) is 22.5 Å². The van der Waals surface area contributed by atoms with Gasteiger partial charge in [0, 0.05) is 46.5 Å². The lowest BCUT2D eigenvalue weighted by atomic mass is 9.81. The van der Waals surface area contributed by atoms with Gasteiger partial charge in [-0.2, -0.15) is 0 Å². The van der Waals surface area contributed by atoms with Crippen molar-refractivity contribution in [2.45, 2.75) is 44.4 Å². The molecule has 3 aromatic carbocycles. The van der Waals surface area contributed by atoms with E-state index in [0.29, 0.717) is 36.8 Å². The average molecular weight is 607 g/mol. The molecule has 9 nitrogen and oxygen atoms in total. The fraction of sp³-hybridized carbons (Fsp3) is 0.333. The summed E-state index contributed by atoms with van der Waals surface area (Å²) in [5, 5.41) is 15.8. The number of rotatable bonds is 13. The number of aliphatic hydroxyl groups excluding tert-OH is 1. The number of hydrogen-bond acceptors (Lipinski definition) is 6. The lowest BCUT2D eigenvalue weighted by Crippen LogP contribution is -2.50. The van der Waals surface area contributed by atoms with E-state index in [1.54, 1.807) is 0 Å². The molecule has 0 saturated heterocycles. The molecule has 208 valence electrons. The van der Waals surface area contributed by atoms with Crippen LogP contribution in [0.15, 0.2) is 87.4 Å². The molecule has 10 heteroatoms. The van der Waals surface area contributed by atoms with Crippen molar-refractivity contribution in [3.63, 3.8) is 0 Å². The van der Waals surface area contributed by atoms with Crippen molar-refractivity contribution in [1.82, 2.24) is 5.32 Å². The second-order valence-corrected chi connectivity index (χ2v) is 10.3. The van der Waals surface area contributed by atoms with E-state index >= 15 is 0 Å². The van der Waals surface area contributed by atoms with E-state index in [9.17, 15) is 4.79 Å². The second kappa shape index (κ2) is 14.0. The average Bonchev–Trinajstić information content (AvgIpc) is 3.36. The molecular weight excluding hydrogens is 574 g/mol. The van der Waals surface area contributed by atoms with Gasteiger partial charge in [0.2, 0.25) is 5.90 Å². The monoisotopic (exact) mass is 605 g/mol. The molecule has 0 radical (unpaired) electrons. The lowest BCUT2D eigenvalue weighted by Gasteiger charge is -2.31. The highest BCUT2D eigenvalue weighted by molar-refractivity contribution is 9.10. The van der Waals surface area contributed by atoms with Gasteiger partial charge in [-0.1, -0.05) is 70.4 Å². The normalized spacial score (nSPS) is 17.9. The molecule has 0 bridgehead atoms. The highest BCUT2D eigenvalue weighted by Crippen LogP contribution is 2.45. The highest BCUT2D eigenvalue weighted by Gasteiger charge is 2.53. The fourth-order valence-corrected chi connectivity index (χ4v) is 5.11. The van der Waals surface area contributed by atoms with Crippen molar-refractivity contribution in [2.75, 3.05) is 19.8 Å². The van der Waals surface area contributed by atoms with E-state index < -0.39 is 11.6 Å². The molecule has 1 amide bonds.